The van der Waals surface area contributed by atoms with Crippen molar-refractivity contribution in [3.63, 3.8) is 0 Å². The van der Waals surface area contributed by atoms with Gasteiger partial charge >= 0.3 is 0 Å². The molecule has 2 nitrogen and oxygen atoms in total. The molecule has 0 spiro atoms. The van der Waals surface area contributed by atoms with Crippen LogP contribution in [0.25, 0.3) is 17.2 Å². The summed E-state index contributed by atoms with van der Waals surface area (Å²) in [4.78, 5) is 2.44. The van der Waals surface area contributed by atoms with E-state index in [0.717, 1.165) is 44.8 Å². The molecule has 4 rings (SSSR count). The van der Waals surface area contributed by atoms with E-state index < -0.39 is 0 Å². The second kappa shape index (κ2) is 9.58. The number of hydrogen-bond acceptors (Lipinski definition) is 2. The highest BCUT2D eigenvalue weighted by Crippen LogP contribution is 2.26. The zero-order chi connectivity index (χ0) is 19.9. The Kier molecular flexibility index (Phi) is 6.43. The second-order valence-electron chi connectivity index (χ2n) is 7.61. The third-order valence-corrected chi connectivity index (χ3v) is 5.52. The van der Waals surface area contributed by atoms with Crippen LogP contribution in [0.2, 0.25) is 0 Å². The minimum absolute atomic E-state index is 0.847. The number of benzene rings is 3. The third kappa shape index (κ3) is 5.16. The average molecular weight is 384 g/mol. The van der Waals surface area contributed by atoms with Crippen molar-refractivity contribution in [2.45, 2.75) is 26.3 Å². The molecule has 0 saturated carbocycles. The summed E-state index contributed by atoms with van der Waals surface area (Å²) in [7, 11) is 0. The minimum Gasteiger partial charge on any atom is -0.493 e. The van der Waals surface area contributed by atoms with E-state index in [0.29, 0.717) is 0 Å². The Morgan fingerprint density at radius 3 is 2.52 bits per heavy atom. The van der Waals surface area contributed by atoms with Crippen molar-refractivity contribution >= 4 is 6.08 Å². The zero-order valence-corrected chi connectivity index (χ0v) is 17.2. The Morgan fingerprint density at radius 2 is 1.72 bits per heavy atom. The number of hydrogen-bond donors (Lipinski definition) is 0. The maximum Gasteiger partial charge on any atom is 0.122 e. The van der Waals surface area contributed by atoms with Crippen LogP contribution in [0.15, 0.2) is 78.9 Å². The molecule has 0 amide bonds. The maximum atomic E-state index is 5.83. The van der Waals surface area contributed by atoms with Gasteiger partial charge in [0.2, 0.25) is 0 Å². The second-order valence-corrected chi connectivity index (χ2v) is 7.61. The minimum atomic E-state index is 0.847. The van der Waals surface area contributed by atoms with Crippen molar-refractivity contribution in [3.8, 4) is 16.9 Å². The number of aryl methyl sites for hydroxylation is 1. The highest BCUT2D eigenvalue weighted by Gasteiger charge is 2.11. The van der Waals surface area contributed by atoms with Crippen LogP contribution in [0.4, 0.5) is 0 Å². The van der Waals surface area contributed by atoms with E-state index in [-0.39, 0.29) is 0 Å². The fourth-order valence-electron chi connectivity index (χ4n) is 3.80. The highest BCUT2D eigenvalue weighted by molar-refractivity contribution is 5.65. The van der Waals surface area contributed by atoms with Crippen molar-refractivity contribution in [1.29, 1.82) is 0 Å². The van der Waals surface area contributed by atoms with Crippen LogP contribution in [0.1, 0.15) is 30.0 Å². The molecule has 3 aromatic carbocycles. The van der Waals surface area contributed by atoms with Gasteiger partial charge in [-0.3, -0.25) is 4.90 Å². The molecule has 0 N–H and O–H groups in total. The van der Waals surface area contributed by atoms with Gasteiger partial charge in [0, 0.05) is 13.1 Å². The fourth-order valence-corrected chi connectivity index (χ4v) is 3.80. The normalized spacial score (nSPS) is 13.4. The third-order valence-electron chi connectivity index (χ3n) is 5.52. The molecule has 0 bridgehead atoms. The number of nitrogens with zero attached hydrogens (tertiary/aromatic N) is 1. The monoisotopic (exact) mass is 383 g/mol. The maximum absolute atomic E-state index is 5.83. The van der Waals surface area contributed by atoms with E-state index in [2.05, 4.69) is 96.8 Å². The van der Waals surface area contributed by atoms with Crippen LogP contribution >= 0.6 is 0 Å². The van der Waals surface area contributed by atoms with Gasteiger partial charge in [0.15, 0.2) is 0 Å². The summed E-state index contributed by atoms with van der Waals surface area (Å²) in [6.45, 7) is 5.98. The first-order valence-electron chi connectivity index (χ1n) is 10.6. The molecule has 2 heteroatoms. The van der Waals surface area contributed by atoms with E-state index >= 15 is 0 Å². The van der Waals surface area contributed by atoms with Crippen LogP contribution in [0, 0.1) is 0 Å². The van der Waals surface area contributed by atoms with E-state index in [9.17, 15) is 0 Å². The first-order chi connectivity index (χ1) is 14.3. The van der Waals surface area contributed by atoms with E-state index in [1.807, 2.05) is 0 Å². The summed E-state index contributed by atoms with van der Waals surface area (Å²) in [6.07, 6.45) is 6.74. The van der Waals surface area contributed by atoms with Gasteiger partial charge < -0.3 is 4.74 Å². The summed E-state index contributed by atoms with van der Waals surface area (Å²) in [5, 5.41) is 0. The Hall–Kier alpha value is -2.84. The zero-order valence-electron chi connectivity index (χ0n) is 17.2. The smallest absolute Gasteiger partial charge is 0.122 e. The standard InChI is InChI=1S/C27H29NO/c1-2-28(21-23-14-17-26-11-7-19-29-27(26)20-23)18-6-8-22-12-15-25(16-13-22)24-9-4-3-5-10-24/h3-6,8-10,12-17,20H,2,7,11,18-19,21H2,1H3/b8-6+. The van der Waals surface area contributed by atoms with Crippen molar-refractivity contribution in [2.75, 3.05) is 19.7 Å². The predicted molar refractivity (Wildman–Crippen MR) is 122 cm³/mol. The van der Waals surface area contributed by atoms with Gasteiger partial charge in [0.05, 0.1) is 6.61 Å². The van der Waals surface area contributed by atoms with Gasteiger partial charge in [-0.15, -0.1) is 0 Å². The molecule has 3 aromatic rings. The van der Waals surface area contributed by atoms with E-state index in [4.69, 9.17) is 4.74 Å². The first-order valence-corrected chi connectivity index (χ1v) is 10.6. The van der Waals surface area contributed by atoms with Crippen LogP contribution in [0.3, 0.4) is 0 Å². The molecular weight excluding hydrogens is 354 g/mol. The Labute approximate surface area is 174 Å². The molecule has 148 valence electrons. The summed E-state index contributed by atoms with van der Waals surface area (Å²) in [5.41, 5.74) is 6.43. The topological polar surface area (TPSA) is 12.5 Å². The largest absolute Gasteiger partial charge is 0.493 e. The van der Waals surface area contributed by atoms with Crippen LogP contribution in [-0.2, 0) is 13.0 Å². The number of likely N-dealkylation sites (N-methyl/N-ethyl adjacent to an activating group) is 1. The van der Waals surface area contributed by atoms with Gasteiger partial charge in [-0.25, -0.2) is 0 Å². The highest BCUT2D eigenvalue weighted by atomic mass is 16.5. The molecule has 0 unspecified atom stereocenters. The molecule has 0 aromatic heterocycles. The van der Waals surface area contributed by atoms with Crippen LogP contribution in [0.5, 0.6) is 5.75 Å². The van der Waals surface area contributed by atoms with Crippen molar-refractivity contribution in [1.82, 2.24) is 4.90 Å². The lowest BCUT2D eigenvalue weighted by molar-refractivity contribution is 0.285. The molecule has 1 heterocycles. The lowest BCUT2D eigenvalue weighted by Crippen LogP contribution is -2.23. The van der Waals surface area contributed by atoms with Crippen LogP contribution < -0.4 is 4.74 Å². The van der Waals surface area contributed by atoms with Crippen LogP contribution in [-0.4, -0.2) is 24.6 Å². The lowest BCUT2D eigenvalue weighted by atomic mass is 10.0. The number of ether oxygens (including phenoxy) is 1. The van der Waals surface area contributed by atoms with E-state index in [1.165, 1.54) is 27.8 Å². The summed E-state index contributed by atoms with van der Waals surface area (Å²) >= 11 is 0. The molecule has 0 radical (unpaired) electrons. The van der Waals surface area contributed by atoms with Gasteiger partial charge in [-0.1, -0.05) is 85.8 Å². The molecule has 1 aliphatic rings. The quantitative estimate of drug-likeness (QED) is 0.481. The number of rotatable bonds is 7. The number of fused-ring (bicyclic) bond motifs is 1. The molecule has 1 aliphatic heterocycles. The SMILES string of the molecule is CCN(C/C=C/c1ccc(-c2ccccc2)cc1)Cc1ccc2c(c1)OCCC2. The van der Waals surface area contributed by atoms with Gasteiger partial charge in [-0.05, 0) is 53.3 Å². The molecule has 0 fully saturated rings. The molecule has 0 aliphatic carbocycles. The van der Waals surface area contributed by atoms with Crippen molar-refractivity contribution in [2.24, 2.45) is 0 Å². The van der Waals surface area contributed by atoms with Gasteiger partial charge in [-0.2, -0.15) is 0 Å². The summed E-state index contributed by atoms with van der Waals surface area (Å²) in [6, 6.07) is 26.0. The Bertz CT molecular complexity index is 944. The molecule has 0 saturated heterocycles. The fraction of sp³-hybridized carbons (Fsp3) is 0.259. The summed E-state index contributed by atoms with van der Waals surface area (Å²) < 4.78 is 5.83. The lowest BCUT2D eigenvalue weighted by Gasteiger charge is -2.21. The van der Waals surface area contributed by atoms with E-state index in [1.54, 1.807) is 0 Å². The average Bonchev–Trinajstić information content (AvgIpc) is 2.79. The predicted octanol–water partition coefficient (Wildman–Crippen LogP) is 6.21. The molecular formula is C27H29NO. The van der Waals surface area contributed by atoms with Gasteiger partial charge in [0.25, 0.3) is 0 Å². The van der Waals surface area contributed by atoms with Crippen molar-refractivity contribution in [3.05, 3.63) is 95.6 Å². The molecule has 0 atom stereocenters. The van der Waals surface area contributed by atoms with Gasteiger partial charge in [0.1, 0.15) is 5.75 Å². The van der Waals surface area contributed by atoms with Crippen molar-refractivity contribution < 1.29 is 4.74 Å². The Balaban J connectivity index is 1.35. The Morgan fingerprint density at radius 1 is 0.931 bits per heavy atom. The first kappa shape index (κ1) is 19.5. The molecule has 29 heavy (non-hydrogen) atoms. The summed E-state index contributed by atoms with van der Waals surface area (Å²) in [5.74, 6) is 1.08.